The highest BCUT2D eigenvalue weighted by atomic mass is 19.1. The molecule has 2 aromatic rings. The molecule has 0 spiro atoms. The van der Waals surface area contributed by atoms with Gasteiger partial charge in [-0.2, -0.15) is 0 Å². The molecule has 0 unspecified atom stereocenters. The van der Waals surface area contributed by atoms with Crippen molar-refractivity contribution in [1.29, 1.82) is 0 Å². The number of hydrogen-bond acceptors (Lipinski definition) is 4. The summed E-state index contributed by atoms with van der Waals surface area (Å²) in [5.74, 6) is -0.498. The monoisotopic (exact) mass is 425 g/mol. The van der Waals surface area contributed by atoms with Crippen molar-refractivity contribution in [3.63, 3.8) is 0 Å². The van der Waals surface area contributed by atoms with E-state index in [9.17, 15) is 18.8 Å². The van der Waals surface area contributed by atoms with Crippen LogP contribution in [0.15, 0.2) is 42.5 Å². The van der Waals surface area contributed by atoms with Gasteiger partial charge in [-0.1, -0.05) is 12.1 Å². The summed E-state index contributed by atoms with van der Waals surface area (Å²) >= 11 is 0. The summed E-state index contributed by atoms with van der Waals surface area (Å²) < 4.78 is 19.4. The molecule has 0 radical (unpaired) electrons. The van der Waals surface area contributed by atoms with Gasteiger partial charge in [-0.05, 0) is 55.2 Å². The van der Waals surface area contributed by atoms with Crippen LogP contribution in [-0.4, -0.2) is 48.4 Å². The summed E-state index contributed by atoms with van der Waals surface area (Å²) in [4.78, 5) is 37.8. The molecular formula is C23H24FN3O4. The molecule has 2 aromatic carbocycles. The Labute approximate surface area is 179 Å². The van der Waals surface area contributed by atoms with Crippen LogP contribution in [0.25, 0.3) is 0 Å². The molecule has 0 saturated carbocycles. The van der Waals surface area contributed by atoms with Gasteiger partial charge in [0.25, 0.3) is 11.8 Å². The third-order valence-corrected chi connectivity index (χ3v) is 5.59. The molecule has 0 aromatic heterocycles. The number of carbonyl (C=O) groups is 3. The predicted octanol–water partition coefficient (Wildman–Crippen LogP) is 2.51. The van der Waals surface area contributed by atoms with Gasteiger partial charge >= 0.3 is 0 Å². The van der Waals surface area contributed by atoms with Crippen LogP contribution in [0.1, 0.15) is 35.2 Å². The number of halogens is 1. The molecule has 8 heteroatoms. The van der Waals surface area contributed by atoms with E-state index in [1.54, 1.807) is 29.2 Å². The number of rotatable bonds is 5. The summed E-state index contributed by atoms with van der Waals surface area (Å²) in [6.07, 6.45) is 2.29. The van der Waals surface area contributed by atoms with Gasteiger partial charge in [0.1, 0.15) is 11.6 Å². The van der Waals surface area contributed by atoms with Crippen molar-refractivity contribution >= 4 is 23.4 Å². The van der Waals surface area contributed by atoms with E-state index in [0.29, 0.717) is 44.5 Å². The Hall–Kier alpha value is -3.42. The second-order valence-corrected chi connectivity index (χ2v) is 7.77. The van der Waals surface area contributed by atoms with E-state index in [1.807, 2.05) is 6.07 Å². The molecular weight excluding hydrogens is 401 g/mol. The highest BCUT2D eigenvalue weighted by molar-refractivity contribution is 5.95. The van der Waals surface area contributed by atoms with E-state index in [2.05, 4.69) is 10.6 Å². The fourth-order valence-corrected chi connectivity index (χ4v) is 3.90. The molecule has 31 heavy (non-hydrogen) atoms. The molecule has 0 aliphatic carbocycles. The number of piperidine rings is 1. The smallest absolute Gasteiger partial charge is 0.258 e. The minimum atomic E-state index is -0.523. The zero-order chi connectivity index (χ0) is 21.8. The number of hydrogen-bond donors (Lipinski definition) is 2. The van der Waals surface area contributed by atoms with Crippen molar-refractivity contribution in [1.82, 2.24) is 10.2 Å². The molecule has 162 valence electrons. The minimum Gasteiger partial charge on any atom is -0.484 e. The highest BCUT2D eigenvalue weighted by Gasteiger charge is 2.26. The fourth-order valence-electron chi connectivity index (χ4n) is 3.90. The van der Waals surface area contributed by atoms with Crippen molar-refractivity contribution in [3.05, 3.63) is 59.4 Å². The molecule has 7 nitrogen and oxygen atoms in total. The Morgan fingerprint density at radius 1 is 1.13 bits per heavy atom. The Kier molecular flexibility index (Phi) is 6.16. The molecule has 0 bridgehead atoms. The number of aryl methyl sites for hydroxylation is 1. The van der Waals surface area contributed by atoms with E-state index < -0.39 is 5.82 Å². The summed E-state index contributed by atoms with van der Waals surface area (Å²) in [7, 11) is 0. The molecule has 2 aliphatic rings. The number of likely N-dealkylation sites (tertiary alicyclic amines) is 1. The van der Waals surface area contributed by atoms with E-state index in [-0.39, 0.29) is 35.9 Å². The number of benzene rings is 2. The lowest BCUT2D eigenvalue weighted by Gasteiger charge is -2.32. The van der Waals surface area contributed by atoms with Gasteiger partial charge in [0.2, 0.25) is 5.91 Å². The van der Waals surface area contributed by atoms with Crippen LogP contribution < -0.4 is 15.4 Å². The molecule has 2 aliphatic heterocycles. The number of nitrogens with one attached hydrogen (secondary N) is 2. The van der Waals surface area contributed by atoms with Crippen LogP contribution in [0.3, 0.4) is 0 Å². The topological polar surface area (TPSA) is 87.7 Å². The first-order chi connectivity index (χ1) is 15.0. The van der Waals surface area contributed by atoms with Gasteiger partial charge < -0.3 is 20.3 Å². The Morgan fingerprint density at radius 3 is 2.68 bits per heavy atom. The van der Waals surface area contributed by atoms with Gasteiger partial charge in [-0.15, -0.1) is 0 Å². The van der Waals surface area contributed by atoms with E-state index in [1.165, 1.54) is 12.1 Å². The van der Waals surface area contributed by atoms with Gasteiger partial charge in [0, 0.05) is 31.2 Å². The predicted molar refractivity (Wildman–Crippen MR) is 112 cm³/mol. The van der Waals surface area contributed by atoms with Crippen LogP contribution in [-0.2, 0) is 16.0 Å². The summed E-state index contributed by atoms with van der Waals surface area (Å²) in [6.45, 7) is 0.796. The lowest BCUT2D eigenvalue weighted by molar-refractivity contribution is -0.124. The van der Waals surface area contributed by atoms with E-state index in [4.69, 9.17) is 4.74 Å². The quantitative estimate of drug-likeness (QED) is 0.771. The summed E-state index contributed by atoms with van der Waals surface area (Å²) in [5, 5.41) is 5.74. The van der Waals surface area contributed by atoms with E-state index in [0.717, 1.165) is 11.3 Å². The van der Waals surface area contributed by atoms with Gasteiger partial charge in [-0.3, -0.25) is 14.4 Å². The number of nitrogens with zero attached hydrogens (tertiary/aromatic N) is 1. The number of ether oxygens (including phenoxy) is 1. The van der Waals surface area contributed by atoms with Gasteiger partial charge in [-0.25, -0.2) is 4.39 Å². The normalized spacial score (nSPS) is 16.3. The van der Waals surface area contributed by atoms with Crippen molar-refractivity contribution in [3.8, 4) is 5.75 Å². The number of amides is 3. The van der Waals surface area contributed by atoms with Crippen LogP contribution in [0.4, 0.5) is 10.1 Å². The first-order valence-electron chi connectivity index (χ1n) is 10.4. The molecule has 0 atom stereocenters. The summed E-state index contributed by atoms with van der Waals surface area (Å²) in [6, 6.07) is 11.2. The second kappa shape index (κ2) is 9.16. The number of fused-ring (bicyclic) bond motifs is 1. The van der Waals surface area contributed by atoms with Crippen LogP contribution >= 0.6 is 0 Å². The Morgan fingerprint density at radius 2 is 1.90 bits per heavy atom. The summed E-state index contributed by atoms with van der Waals surface area (Å²) in [5.41, 5.74) is 1.84. The molecule has 3 amide bonds. The maximum atomic E-state index is 13.8. The highest BCUT2D eigenvalue weighted by Crippen LogP contribution is 2.26. The molecule has 4 rings (SSSR count). The van der Waals surface area contributed by atoms with Crippen molar-refractivity contribution in [2.24, 2.45) is 0 Å². The van der Waals surface area contributed by atoms with Crippen molar-refractivity contribution < 1.29 is 23.5 Å². The van der Waals surface area contributed by atoms with Gasteiger partial charge in [0.15, 0.2) is 6.61 Å². The van der Waals surface area contributed by atoms with Crippen molar-refractivity contribution in [2.75, 3.05) is 25.0 Å². The van der Waals surface area contributed by atoms with Crippen LogP contribution in [0, 0.1) is 5.82 Å². The fraction of sp³-hybridized carbons (Fsp3) is 0.348. The van der Waals surface area contributed by atoms with E-state index >= 15 is 0 Å². The molecule has 1 fully saturated rings. The maximum Gasteiger partial charge on any atom is 0.258 e. The third kappa shape index (κ3) is 5.02. The second-order valence-electron chi connectivity index (χ2n) is 7.77. The van der Waals surface area contributed by atoms with Crippen LogP contribution in [0.5, 0.6) is 5.75 Å². The zero-order valence-corrected chi connectivity index (χ0v) is 17.0. The lowest BCUT2D eigenvalue weighted by Crippen LogP contribution is -2.47. The number of anilines is 1. The standard InChI is InChI=1S/C23H24FN3O4/c24-19-4-2-1-3-18(19)23(30)27-11-9-16(10-12-27)25-22(29)14-31-17-6-7-20-15(13-17)5-8-21(28)26-20/h1-4,6-7,13,16H,5,8-12,14H2,(H,25,29)(H,26,28). The Bertz CT molecular complexity index is 1000. The first kappa shape index (κ1) is 20.8. The third-order valence-electron chi connectivity index (χ3n) is 5.59. The molecule has 2 N–H and O–H groups in total. The maximum absolute atomic E-state index is 13.8. The molecule has 1 saturated heterocycles. The van der Waals surface area contributed by atoms with Crippen molar-refractivity contribution in [2.45, 2.75) is 31.7 Å². The first-order valence-corrected chi connectivity index (χ1v) is 10.4. The van der Waals surface area contributed by atoms with Gasteiger partial charge in [0.05, 0.1) is 5.56 Å². The average molecular weight is 425 g/mol. The number of carbonyl (C=O) groups excluding carboxylic acids is 3. The zero-order valence-electron chi connectivity index (χ0n) is 17.0. The minimum absolute atomic E-state index is 0.00203. The largest absolute Gasteiger partial charge is 0.484 e. The Balaban J connectivity index is 1.23. The lowest BCUT2D eigenvalue weighted by atomic mass is 10.0. The SMILES string of the molecule is O=C1CCc2cc(OCC(=O)NC3CCN(C(=O)c4ccccc4F)CC3)ccc2N1. The van der Waals surface area contributed by atoms with Crippen LogP contribution in [0.2, 0.25) is 0 Å². The average Bonchev–Trinajstić information content (AvgIpc) is 2.78. The molecule has 2 heterocycles.